The molecule has 1 aromatic heterocycles. The number of carboxylic acid groups (broad SMARTS) is 1. The van der Waals surface area contributed by atoms with E-state index < -0.39 is 23.5 Å². The van der Waals surface area contributed by atoms with Gasteiger partial charge in [0.05, 0.1) is 16.3 Å². The molecule has 0 aliphatic heterocycles. The zero-order chi connectivity index (χ0) is 15.6. The van der Waals surface area contributed by atoms with Crippen molar-refractivity contribution in [3.05, 3.63) is 58.4 Å². The third-order valence-electron chi connectivity index (χ3n) is 2.51. The minimum Gasteiger partial charge on any atom is -0.476 e. The van der Waals surface area contributed by atoms with Crippen molar-refractivity contribution in [2.24, 2.45) is 0 Å². The van der Waals surface area contributed by atoms with Crippen LogP contribution in [0.3, 0.4) is 0 Å². The number of anilines is 1. The lowest BCUT2D eigenvalue weighted by Crippen LogP contribution is -2.16. The summed E-state index contributed by atoms with van der Waals surface area (Å²) in [6, 6.07) is 4.01. The third-order valence-corrected chi connectivity index (χ3v) is 2.83. The number of nitrogens with one attached hydrogen (secondary N) is 1. The van der Waals surface area contributed by atoms with E-state index in [0.29, 0.717) is 12.1 Å². The molecule has 2 N–H and O–H groups in total. The fourth-order valence-electron chi connectivity index (χ4n) is 1.56. The number of hydrogen-bond donors (Lipinski definition) is 2. The molecule has 0 aliphatic carbocycles. The Hall–Kier alpha value is -2.54. The van der Waals surface area contributed by atoms with Gasteiger partial charge in [0.15, 0.2) is 17.3 Å². The predicted molar refractivity (Wildman–Crippen MR) is 70.5 cm³/mol. The Labute approximate surface area is 122 Å². The monoisotopic (exact) mass is 312 g/mol. The Bertz CT molecular complexity index is 737. The van der Waals surface area contributed by atoms with Crippen LogP contribution in [0.4, 0.5) is 14.5 Å². The van der Waals surface area contributed by atoms with Crippen LogP contribution in [0.25, 0.3) is 0 Å². The van der Waals surface area contributed by atoms with Crippen LogP contribution in [0.15, 0.2) is 30.5 Å². The average molecular weight is 313 g/mol. The molecule has 2 aromatic rings. The van der Waals surface area contributed by atoms with Crippen molar-refractivity contribution < 1.29 is 23.5 Å². The maximum absolute atomic E-state index is 13.1. The number of halogens is 3. The molecule has 2 rings (SSSR count). The molecule has 0 fully saturated rings. The van der Waals surface area contributed by atoms with Gasteiger partial charge in [-0.2, -0.15) is 0 Å². The van der Waals surface area contributed by atoms with Gasteiger partial charge >= 0.3 is 5.97 Å². The molecule has 1 aromatic carbocycles. The highest BCUT2D eigenvalue weighted by molar-refractivity contribution is 6.34. The highest BCUT2D eigenvalue weighted by atomic mass is 35.5. The Kier molecular flexibility index (Phi) is 4.13. The summed E-state index contributed by atoms with van der Waals surface area (Å²) in [4.78, 5) is 26.5. The second-order valence-corrected chi connectivity index (χ2v) is 4.31. The van der Waals surface area contributed by atoms with E-state index in [2.05, 4.69) is 10.3 Å². The number of nitrogens with zero attached hydrogens (tertiary/aromatic N) is 1. The molecule has 21 heavy (non-hydrogen) atoms. The van der Waals surface area contributed by atoms with Gasteiger partial charge in [-0.15, -0.1) is 0 Å². The molecule has 0 unspecified atom stereocenters. The van der Waals surface area contributed by atoms with Gasteiger partial charge in [0.25, 0.3) is 5.91 Å². The molecule has 0 saturated carbocycles. The standard InChI is InChI=1S/C13H7ClF2N2O3/c14-7-5-9(16)8(15)4-6(7)12(19)18-10-2-1-3-17-11(10)13(20)21/h1-5H,(H,18,19)(H,20,21). The van der Waals surface area contributed by atoms with E-state index in [-0.39, 0.29) is 22.0 Å². The van der Waals surface area contributed by atoms with Crippen molar-refractivity contribution in [2.45, 2.75) is 0 Å². The molecule has 0 bridgehead atoms. The molecule has 1 heterocycles. The van der Waals surface area contributed by atoms with Crippen molar-refractivity contribution in [2.75, 3.05) is 5.32 Å². The van der Waals surface area contributed by atoms with Gasteiger partial charge in [0.1, 0.15) is 0 Å². The summed E-state index contributed by atoms with van der Waals surface area (Å²) in [7, 11) is 0. The van der Waals surface area contributed by atoms with E-state index in [1.165, 1.54) is 18.3 Å². The van der Waals surface area contributed by atoms with Gasteiger partial charge in [-0.05, 0) is 24.3 Å². The number of aromatic nitrogens is 1. The highest BCUT2D eigenvalue weighted by Crippen LogP contribution is 2.22. The number of hydrogen-bond acceptors (Lipinski definition) is 3. The van der Waals surface area contributed by atoms with Gasteiger partial charge in [-0.1, -0.05) is 11.6 Å². The van der Waals surface area contributed by atoms with Crippen LogP contribution in [0.1, 0.15) is 20.8 Å². The van der Waals surface area contributed by atoms with Crippen LogP contribution in [0.2, 0.25) is 5.02 Å². The normalized spacial score (nSPS) is 10.2. The van der Waals surface area contributed by atoms with Crippen molar-refractivity contribution >= 4 is 29.2 Å². The molecular weight excluding hydrogens is 306 g/mol. The first-order chi connectivity index (χ1) is 9.90. The van der Waals surface area contributed by atoms with Crippen molar-refractivity contribution in [1.29, 1.82) is 0 Å². The molecule has 0 saturated heterocycles. The van der Waals surface area contributed by atoms with E-state index >= 15 is 0 Å². The lowest BCUT2D eigenvalue weighted by atomic mass is 10.2. The Morgan fingerprint density at radius 1 is 1.24 bits per heavy atom. The first-order valence-corrected chi connectivity index (χ1v) is 5.92. The van der Waals surface area contributed by atoms with Gasteiger partial charge < -0.3 is 10.4 Å². The summed E-state index contributed by atoms with van der Waals surface area (Å²) in [6.45, 7) is 0. The average Bonchev–Trinajstić information content (AvgIpc) is 2.43. The fourth-order valence-corrected chi connectivity index (χ4v) is 1.80. The number of rotatable bonds is 3. The first kappa shape index (κ1) is 14.9. The second-order valence-electron chi connectivity index (χ2n) is 3.91. The Morgan fingerprint density at radius 2 is 1.90 bits per heavy atom. The maximum Gasteiger partial charge on any atom is 0.356 e. The number of pyridine rings is 1. The van der Waals surface area contributed by atoms with E-state index in [1.54, 1.807) is 0 Å². The van der Waals surface area contributed by atoms with Crippen molar-refractivity contribution in [3.8, 4) is 0 Å². The smallest absolute Gasteiger partial charge is 0.356 e. The number of amides is 1. The second kappa shape index (κ2) is 5.84. The van der Waals surface area contributed by atoms with Crippen LogP contribution >= 0.6 is 11.6 Å². The highest BCUT2D eigenvalue weighted by Gasteiger charge is 2.18. The Morgan fingerprint density at radius 3 is 2.57 bits per heavy atom. The van der Waals surface area contributed by atoms with E-state index in [4.69, 9.17) is 16.7 Å². The van der Waals surface area contributed by atoms with Crippen LogP contribution in [0.5, 0.6) is 0 Å². The van der Waals surface area contributed by atoms with Gasteiger partial charge in [-0.3, -0.25) is 4.79 Å². The van der Waals surface area contributed by atoms with Crippen LogP contribution in [-0.4, -0.2) is 22.0 Å². The first-order valence-electron chi connectivity index (χ1n) is 5.54. The van der Waals surface area contributed by atoms with Crippen LogP contribution in [-0.2, 0) is 0 Å². The quantitative estimate of drug-likeness (QED) is 0.854. The van der Waals surface area contributed by atoms with E-state index in [9.17, 15) is 18.4 Å². The summed E-state index contributed by atoms with van der Waals surface area (Å²) < 4.78 is 26.1. The minimum atomic E-state index is -1.35. The van der Waals surface area contributed by atoms with Crippen molar-refractivity contribution in [1.82, 2.24) is 4.98 Å². The molecule has 0 atom stereocenters. The molecule has 5 nitrogen and oxygen atoms in total. The molecular formula is C13H7ClF2N2O3. The van der Waals surface area contributed by atoms with Crippen LogP contribution in [0, 0.1) is 11.6 Å². The molecule has 0 radical (unpaired) electrons. The minimum absolute atomic E-state index is 0.0872. The topological polar surface area (TPSA) is 79.3 Å². The summed E-state index contributed by atoms with van der Waals surface area (Å²) in [6.07, 6.45) is 1.24. The van der Waals surface area contributed by atoms with Gasteiger partial charge in [-0.25, -0.2) is 18.6 Å². The number of carbonyl (C=O) groups is 2. The zero-order valence-electron chi connectivity index (χ0n) is 10.2. The lowest BCUT2D eigenvalue weighted by molar-refractivity contribution is 0.0691. The summed E-state index contributed by atoms with van der Waals surface area (Å²) in [5.74, 6) is -4.66. The number of benzene rings is 1. The molecule has 1 amide bonds. The summed E-state index contributed by atoms with van der Waals surface area (Å²) in [5.41, 5.74) is -0.795. The summed E-state index contributed by atoms with van der Waals surface area (Å²) in [5, 5.41) is 10.9. The fraction of sp³-hybridized carbons (Fsp3) is 0. The zero-order valence-corrected chi connectivity index (χ0v) is 11.0. The van der Waals surface area contributed by atoms with Gasteiger partial charge in [0.2, 0.25) is 0 Å². The maximum atomic E-state index is 13.1. The van der Waals surface area contributed by atoms with Crippen LogP contribution < -0.4 is 5.32 Å². The number of aromatic carboxylic acids is 1. The lowest BCUT2D eigenvalue weighted by Gasteiger charge is -2.09. The Balaban J connectivity index is 2.35. The van der Waals surface area contributed by atoms with E-state index in [1.807, 2.05) is 0 Å². The molecule has 0 spiro atoms. The number of carbonyl (C=O) groups excluding carboxylic acids is 1. The SMILES string of the molecule is O=C(Nc1cccnc1C(=O)O)c1cc(F)c(F)cc1Cl. The van der Waals surface area contributed by atoms with Crippen molar-refractivity contribution in [3.63, 3.8) is 0 Å². The summed E-state index contributed by atoms with van der Waals surface area (Å²) >= 11 is 5.67. The van der Waals surface area contributed by atoms with E-state index in [0.717, 1.165) is 0 Å². The predicted octanol–water partition coefficient (Wildman–Crippen LogP) is 2.96. The largest absolute Gasteiger partial charge is 0.476 e. The molecule has 0 aliphatic rings. The number of carboxylic acids is 1. The van der Waals surface area contributed by atoms with Gasteiger partial charge in [0, 0.05) is 6.20 Å². The molecule has 108 valence electrons. The molecule has 8 heteroatoms. The third kappa shape index (κ3) is 3.14.